The molecule has 0 radical (unpaired) electrons. The van der Waals surface area contributed by atoms with E-state index in [0.29, 0.717) is 12.5 Å². The van der Waals surface area contributed by atoms with Crippen LogP contribution in [-0.4, -0.2) is 34.9 Å². The maximum Gasteiger partial charge on any atom is 0.237 e. The number of nitrogens with zero attached hydrogens (tertiary/aromatic N) is 2. The molecule has 0 aliphatic carbocycles. The number of thiazole rings is 1. The van der Waals surface area contributed by atoms with Crippen molar-refractivity contribution in [3.8, 4) is 0 Å². The van der Waals surface area contributed by atoms with Crippen LogP contribution in [0.5, 0.6) is 0 Å². The Hall–Kier alpha value is -2.24. The number of hydrogen-bond acceptors (Lipinski definition) is 4. The molecule has 2 heterocycles. The molecule has 1 fully saturated rings. The van der Waals surface area contributed by atoms with Crippen molar-refractivity contribution < 1.29 is 4.79 Å². The van der Waals surface area contributed by atoms with Crippen LogP contribution in [0.1, 0.15) is 36.3 Å². The third-order valence-electron chi connectivity index (χ3n) is 5.43. The first-order valence-electron chi connectivity index (χ1n) is 9.62. The van der Waals surface area contributed by atoms with Crippen LogP contribution in [0.4, 0.5) is 0 Å². The fourth-order valence-corrected chi connectivity index (χ4v) is 4.83. The van der Waals surface area contributed by atoms with E-state index in [-0.39, 0.29) is 11.9 Å². The van der Waals surface area contributed by atoms with Crippen molar-refractivity contribution >= 4 is 27.5 Å². The van der Waals surface area contributed by atoms with Gasteiger partial charge in [0.1, 0.15) is 0 Å². The number of carbonyl (C=O) groups excluding carboxylic acids is 1. The van der Waals surface area contributed by atoms with Gasteiger partial charge in [-0.1, -0.05) is 42.5 Å². The summed E-state index contributed by atoms with van der Waals surface area (Å²) in [7, 11) is 0. The molecule has 3 aromatic rings. The van der Waals surface area contributed by atoms with Gasteiger partial charge in [-0.15, -0.1) is 11.3 Å². The predicted octanol–water partition coefficient (Wildman–Crippen LogP) is 4.18. The molecule has 1 saturated heterocycles. The quantitative estimate of drug-likeness (QED) is 0.723. The number of likely N-dealkylation sites (tertiary alicyclic amines) is 1. The molecule has 4 nitrogen and oxygen atoms in total. The van der Waals surface area contributed by atoms with Crippen LogP contribution in [0.15, 0.2) is 54.6 Å². The maximum absolute atomic E-state index is 12.5. The van der Waals surface area contributed by atoms with Gasteiger partial charge in [-0.2, -0.15) is 0 Å². The van der Waals surface area contributed by atoms with Crippen LogP contribution in [0, 0.1) is 0 Å². The summed E-state index contributed by atoms with van der Waals surface area (Å²) in [5.41, 5.74) is 2.24. The summed E-state index contributed by atoms with van der Waals surface area (Å²) in [5.74, 6) is 0.621. The van der Waals surface area contributed by atoms with E-state index >= 15 is 0 Å². The number of hydrogen-bond donors (Lipinski definition) is 1. The Labute approximate surface area is 164 Å². The normalized spacial score (nSPS) is 17.1. The number of fused-ring (bicyclic) bond motifs is 1. The minimum atomic E-state index is -0.0926. The highest BCUT2D eigenvalue weighted by atomic mass is 32.1. The molecule has 1 aliphatic heterocycles. The van der Waals surface area contributed by atoms with Crippen LogP contribution in [0.25, 0.3) is 10.2 Å². The van der Waals surface area contributed by atoms with Gasteiger partial charge < -0.3 is 5.32 Å². The predicted molar refractivity (Wildman–Crippen MR) is 111 cm³/mol. The lowest BCUT2D eigenvalue weighted by Crippen LogP contribution is -2.47. The number of amides is 1. The zero-order valence-corrected chi connectivity index (χ0v) is 16.4. The van der Waals surface area contributed by atoms with Gasteiger partial charge in [0.25, 0.3) is 0 Å². The van der Waals surface area contributed by atoms with Crippen LogP contribution < -0.4 is 5.32 Å². The van der Waals surface area contributed by atoms with Crippen molar-refractivity contribution in [3.05, 3.63) is 65.2 Å². The highest BCUT2D eigenvalue weighted by Crippen LogP contribution is 2.34. The number of rotatable bonds is 5. The number of aromatic nitrogens is 1. The molecule has 27 heavy (non-hydrogen) atoms. The Morgan fingerprint density at radius 2 is 1.85 bits per heavy atom. The SMILES string of the molecule is C[C@@H](C(=O)NCc1ccccc1)N1CCC(c2nc3ccccc3s2)CC1. The first-order valence-corrected chi connectivity index (χ1v) is 10.4. The first-order chi connectivity index (χ1) is 13.2. The monoisotopic (exact) mass is 379 g/mol. The van der Waals surface area contributed by atoms with E-state index in [2.05, 4.69) is 28.4 Å². The fraction of sp³-hybridized carbons (Fsp3) is 0.364. The molecular weight excluding hydrogens is 354 g/mol. The Bertz CT molecular complexity index is 867. The van der Waals surface area contributed by atoms with Crippen LogP contribution in [-0.2, 0) is 11.3 Å². The molecule has 1 aliphatic rings. The summed E-state index contributed by atoms with van der Waals surface area (Å²) in [6.07, 6.45) is 2.13. The molecule has 1 atom stereocenters. The number of carbonyl (C=O) groups is 1. The number of piperidine rings is 1. The molecule has 140 valence electrons. The average Bonchev–Trinajstić information content (AvgIpc) is 3.16. The zero-order valence-electron chi connectivity index (χ0n) is 15.6. The van der Waals surface area contributed by atoms with Crippen molar-refractivity contribution in [3.63, 3.8) is 0 Å². The summed E-state index contributed by atoms with van der Waals surface area (Å²) in [6, 6.07) is 18.3. The van der Waals surface area contributed by atoms with Gasteiger partial charge in [-0.25, -0.2) is 4.98 Å². The molecule has 5 heteroatoms. The van der Waals surface area contributed by atoms with Crippen LogP contribution >= 0.6 is 11.3 Å². The fourth-order valence-electron chi connectivity index (χ4n) is 3.70. The van der Waals surface area contributed by atoms with Crippen molar-refractivity contribution in [2.24, 2.45) is 0 Å². The lowest BCUT2D eigenvalue weighted by atomic mass is 9.96. The van der Waals surface area contributed by atoms with Gasteiger partial charge in [-0.3, -0.25) is 9.69 Å². The summed E-state index contributed by atoms with van der Waals surface area (Å²) < 4.78 is 1.27. The number of nitrogens with one attached hydrogen (secondary N) is 1. The van der Waals surface area contributed by atoms with E-state index in [9.17, 15) is 4.79 Å². The summed E-state index contributed by atoms with van der Waals surface area (Å²) in [6.45, 7) is 4.49. The third kappa shape index (κ3) is 4.20. The smallest absolute Gasteiger partial charge is 0.237 e. The Balaban J connectivity index is 1.30. The van der Waals surface area contributed by atoms with E-state index in [1.807, 2.05) is 54.7 Å². The van der Waals surface area contributed by atoms with E-state index in [4.69, 9.17) is 4.98 Å². The molecule has 2 aromatic carbocycles. The van der Waals surface area contributed by atoms with E-state index in [0.717, 1.165) is 37.0 Å². The van der Waals surface area contributed by atoms with Crippen LogP contribution in [0.3, 0.4) is 0 Å². The molecule has 0 unspecified atom stereocenters. The number of para-hydroxylation sites is 1. The second-order valence-corrected chi connectivity index (χ2v) is 8.27. The van der Waals surface area contributed by atoms with Crippen molar-refractivity contribution in [2.45, 2.75) is 38.3 Å². The van der Waals surface area contributed by atoms with E-state index in [1.54, 1.807) is 0 Å². The second-order valence-electron chi connectivity index (χ2n) is 7.21. The molecule has 1 aromatic heterocycles. The molecule has 0 bridgehead atoms. The summed E-state index contributed by atoms with van der Waals surface area (Å²) >= 11 is 1.82. The van der Waals surface area contributed by atoms with Gasteiger partial charge in [0.15, 0.2) is 0 Å². The standard InChI is InChI=1S/C22H25N3OS/c1-16(21(26)23-15-17-7-3-2-4-8-17)25-13-11-18(12-14-25)22-24-19-9-5-6-10-20(19)27-22/h2-10,16,18H,11-15H2,1H3,(H,23,26)/t16-/m0/s1. The van der Waals surface area contributed by atoms with Gasteiger partial charge in [0, 0.05) is 12.5 Å². The van der Waals surface area contributed by atoms with Crippen molar-refractivity contribution in [2.75, 3.05) is 13.1 Å². The molecule has 0 spiro atoms. The third-order valence-corrected chi connectivity index (χ3v) is 6.62. The molecular formula is C22H25N3OS. The van der Waals surface area contributed by atoms with E-state index < -0.39 is 0 Å². The largest absolute Gasteiger partial charge is 0.351 e. The van der Waals surface area contributed by atoms with Crippen LogP contribution in [0.2, 0.25) is 0 Å². The second kappa shape index (κ2) is 8.19. The lowest BCUT2D eigenvalue weighted by Gasteiger charge is -2.34. The van der Waals surface area contributed by atoms with Gasteiger partial charge in [0.05, 0.1) is 21.3 Å². The lowest BCUT2D eigenvalue weighted by molar-refractivity contribution is -0.126. The number of benzene rings is 2. The zero-order chi connectivity index (χ0) is 18.6. The van der Waals surface area contributed by atoms with Gasteiger partial charge in [-0.05, 0) is 50.6 Å². The Kier molecular flexibility index (Phi) is 5.50. The Morgan fingerprint density at radius 1 is 1.15 bits per heavy atom. The van der Waals surface area contributed by atoms with E-state index in [1.165, 1.54) is 9.71 Å². The van der Waals surface area contributed by atoms with Crippen molar-refractivity contribution in [1.82, 2.24) is 15.2 Å². The molecule has 0 saturated carbocycles. The first kappa shape index (κ1) is 18.1. The highest BCUT2D eigenvalue weighted by molar-refractivity contribution is 7.18. The summed E-state index contributed by atoms with van der Waals surface area (Å²) in [5, 5.41) is 4.31. The van der Waals surface area contributed by atoms with Gasteiger partial charge >= 0.3 is 0 Å². The van der Waals surface area contributed by atoms with Gasteiger partial charge in [0.2, 0.25) is 5.91 Å². The highest BCUT2D eigenvalue weighted by Gasteiger charge is 2.28. The average molecular weight is 380 g/mol. The Morgan fingerprint density at radius 3 is 2.59 bits per heavy atom. The molecule has 1 amide bonds. The topological polar surface area (TPSA) is 45.2 Å². The maximum atomic E-state index is 12.5. The summed E-state index contributed by atoms with van der Waals surface area (Å²) in [4.78, 5) is 19.6. The molecule has 4 rings (SSSR count). The minimum absolute atomic E-state index is 0.0926. The molecule has 1 N–H and O–H groups in total. The minimum Gasteiger partial charge on any atom is -0.351 e. The van der Waals surface area contributed by atoms with Crippen molar-refractivity contribution in [1.29, 1.82) is 0 Å².